The van der Waals surface area contributed by atoms with Crippen LogP contribution >= 0.6 is 0 Å². The van der Waals surface area contributed by atoms with E-state index in [0.29, 0.717) is 17.6 Å². The van der Waals surface area contributed by atoms with Crippen LogP contribution in [0.3, 0.4) is 0 Å². The maximum Gasteiger partial charge on any atom is 0.132 e. The van der Waals surface area contributed by atoms with Gasteiger partial charge < -0.3 is 0 Å². The summed E-state index contributed by atoms with van der Waals surface area (Å²) in [4.78, 5) is 11.7. The van der Waals surface area contributed by atoms with Crippen LogP contribution in [0.4, 0.5) is 0 Å². The highest BCUT2D eigenvalue weighted by Crippen LogP contribution is 2.23. The summed E-state index contributed by atoms with van der Waals surface area (Å²) in [6.07, 6.45) is 3.11. The van der Waals surface area contributed by atoms with Crippen molar-refractivity contribution in [2.45, 2.75) is 47.0 Å². The minimum atomic E-state index is 0.240. The van der Waals surface area contributed by atoms with Crippen LogP contribution in [-0.4, -0.2) is 5.78 Å². The minimum Gasteiger partial charge on any atom is -0.300 e. The first-order valence-electron chi connectivity index (χ1n) is 7.03. The van der Waals surface area contributed by atoms with E-state index in [1.54, 1.807) is 6.92 Å². The van der Waals surface area contributed by atoms with Crippen LogP contribution in [0.25, 0.3) is 0 Å². The fourth-order valence-corrected chi connectivity index (χ4v) is 2.58. The fraction of sp³-hybridized carbons (Fsp3) is 0.588. The third kappa shape index (κ3) is 5.48. The average molecular weight is 246 g/mol. The third-order valence-corrected chi connectivity index (χ3v) is 3.44. The molecule has 0 radical (unpaired) electrons. The van der Waals surface area contributed by atoms with Crippen LogP contribution in [0.15, 0.2) is 30.3 Å². The van der Waals surface area contributed by atoms with Gasteiger partial charge in [0.15, 0.2) is 0 Å². The van der Waals surface area contributed by atoms with E-state index < -0.39 is 0 Å². The third-order valence-electron chi connectivity index (χ3n) is 3.44. The highest BCUT2D eigenvalue weighted by Gasteiger charge is 2.19. The van der Waals surface area contributed by atoms with E-state index in [0.717, 1.165) is 19.3 Å². The lowest BCUT2D eigenvalue weighted by Gasteiger charge is -2.20. The summed E-state index contributed by atoms with van der Waals surface area (Å²) in [5, 5.41) is 0. The number of hydrogen-bond acceptors (Lipinski definition) is 1. The maximum absolute atomic E-state index is 11.7. The lowest BCUT2D eigenvalue weighted by Crippen LogP contribution is -2.18. The van der Waals surface area contributed by atoms with E-state index in [1.807, 2.05) is 6.07 Å². The van der Waals surface area contributed by atoms with Gasteiger partial charge in [0.25, 0.3) is 0 Å². The van der Waals surface area contributed by atoms with Crippen LogP contribution < -0.4 is 0 Å². The number of carbonyl (C=O) groups is 1. The Hall–Kier alpha value is -1.11. The van der Waals surface area contributed by atoms with Crippen molar-refractivity contribution in [2.24, 2.45) is 17.8 Å². The van der Waals surface area contributed by atoms with Gasteiger partial charge in [-0.25, -0.2) is 0 Å². The summed E-state index contributed by atoms with van der Waals surface area (Å²) in [7, 11) is 0. The molecule has 1 aromatic rings. The first-order chi connectivity index (χ1) is 8.49. The molecule has 2 atom stereocenters. The van der Waals surface area contributed by atoms with Gasteiger partial charge in [-0.1, -0.05) is 51.1 Å². The summed E-state index contributed by atoms with van der Waals surface area (Å²) in [6.45, 7) is 8.38. The van der Waals surface area contributed by atoms with Gasteiger partial charge in [0.2, 0.25) is 0 Å². The Morgan fingerprint density at radius 1 is 1.06 bits per heavy atom. The summed E-state index contributed by atoms with van der Waals surface area (Å²) in [6, 6.07) is 10.5. The molecule has 0 aliphatic carbocycles. The van der Waals surface area contributed by atoms with E-state index in [2.05, 4.69) is 45.0 Å². The normalized spacial score (nSPS) is 14.5. The predicted molar refractivity (Wildman–Crippen MR) is 77.6 cm³/mol. The zero-order chi connectivity index (χ0) is 13.5. The molecule has 1 nitrogen and oxygen atoms in total. The average Bonchev–Trinajstić information content (AvgIpc) is 2.28. The molecule has 0 bridgehead atoms. The Morgan fingerprint density at radius 3 is 2.17 bits per heavy atom. The number of Topliss-reactive ketones (excluding diaryl/α,β-unsaturated/α-hetero) is 1. The van der Waals surface area contributed by atoms with Gasteiger partial charge in [-0.05, 0) is 43.6 Å². The molecule has 100 valence electrons. The second-order valence-electron chi connectivity index (χ2n) is 5.97. The van der Waals surface area contributed by atoms with E-state index >= 15 is 0 Å². The van der Waals surface area contributed by atoms with Crippen LogP contribution in [0.5, 0.6) is 0 Å². The first kappa shape index (κ1) is 14.9. The largest absolute Gasteiger partial charge is 0.300 e. The molecule has 0 amide bonds. The van der Waals surface area contributed by atoms with Gasteiger partial charge in [-0.15, -0.1) is 0 Å². The second kappa shape index (κ2) is 7.35. The van der Waals surface area contributed by atoms with Crippen molar-refractivity contribution in [3.8, 4) is 0 Å². The van der Waals surface area contributed by atoms with E-state index in [1.165, 1.54) is 5.56 Å². The summed E-state index contributed by atoms with van der Waals surface area (Å²) in [5.74, 6) is 1.76. The summed E-state index contributed by atoms with van der Waals surface area (Å²) >= 11 is 0. The van der Waals surface area contributed by atoms with Crippen LogP contribution in [-0.2, 0) is 11.2 Å². The van der Waals surface area contributed by atoms with E-state index in [-0.39, 0.29) is 5.92 Å². The lowest BCUT2D eigenvalue weighted by molar-refractivity contribution is -0.121. The van der Waals surface area contributed by atoms with Gasteiger partial charge >= 0.3 is 0 Å². The van der Waals surface area contributed by atoms with Crippen LogP contribution in [0.1, 0.15) is 46.1 Å². The van der Waals surface area contributed by atoms with Crippen molar-refractivity contribution < 1.29 is 4.79 Å². The SMILES string of the molecule is CC(=O)C(CC(C)C)C[C@@H](C)Cc1ccccc1. The second-order valence-corrected chi connectivity index (χ2v) is 5.97. The number of hydrogen-bond donors (Lipinski definition) is 0. The molecule has 1 unspecified atom stereocenters. The molecular weight excluding hydrogens is 220 g/mol. The lowest BCUT2D eigenvalue weighted by atomic mass is 9.84. The van der Waals surface area contributed by atoms with Crippen LogP contribution in [0.2, 0.25) is 0 Å². The summed E-state index contributed by atoms with van der Waals surface area (Å²) in [5.41, 5.74) is 1.37. The topological polar surface area (TPSA) is 17.1 Å². The number of rotatable bonds is 7. The van der Waals surface area contributed by atoms with Crippen molar-refractivity contribution in [1.29, 1.82) is 0 Å². The van der Waals surface area contributed by atoms with Gasteiger partial charge in [0.1, 0.15) is 5.78 Å². The number of ketones is 1. The van der Waals surface area contributed by atoms with Gasteiger partial charge in [0.05, 0.1) is 0 Å². The van der Waals surface area contributed by atoms with Crippen molar-refractivity contribution in [2.75, 3.05) is 0 Å². The van der Waals surface area contributed by atoms with Crippen molar-refractivity contribution in [3.63, 3.8) is 0 Å². The molecule has 0 N–H and O–H groups in total. The Labute approximate surface area is 112 Å². The zero-order valence-electron chi connectivity index (χ0n) is 12.1. The standard InChI is InChI=1S/C17H26O/c1-13(2)10-17(15(4)18)12-14(3)11-16-8-6-5-7-9-16/h5-9,13-14,17H,10-12H2,1-4H3/t14-,17?/m0/s1. The fourth-order valence-electron chi connectivity index (χ4n) is 2.58. The van der Waals surface area contributed by atoms with Crippen molar-refractivity contribution in [3.05, 3.63) is 35.9 Å². The molecule has 0 fully saturated rings. The molecular formula is C17H26O. The molecule has 0 saturated heterocycles. The number of carbonyl (C=O) groups excluding carboxylic acids is 1. The van der Waals surface area contributed by atoms with Gasteiger partial charge in [-0.2, -0.15) is 0 Å². The zero-order valence-corrected chi connectivity index (χ0v) is 12.1. The molecule has 0 heterocycles. The molecule has 0 aromatic heterocycles. The molecule has 1 heteroatoms. The summed E-state index contributed by atoms with van der Waals surface area (Å²) < 4.78 is 0. The number of benzene rings is 1. The Kier molecular flexibility index (Phi) is 6.11. The quantitative estimate of drug-likeness (QED) is 0.692. The molecule has 1 aromatic carbocycles. The monoisotopic (exact) mass is 246 g/mol. The van der Waals surface area contributed by atoms with Crippen molar-refractivity contribution in [1.82, 2.24) is 0 Å². The molecule has 1 rings (SSSR count). The predicted octanol–water partition coefficient (Wildman–Crippen LogP) is 4.51. The molecule has 0 aliphatic rings. The highest BCUT2D eigenvalue weighted by atomic mass is 16.1. The van der Waals surface area contributed by atoms with Crippen LogP contribution in [0, 0.1) is 17.8 Å². The molecule has 0 spiro atoms. The highest BCUT2D eigenvalue weighted by molar-refractivity contribution is 5.78. The Balaban J connectivity index is 2.51. The molecule has 0 aliphatic heterocycles. The maximum atomic E-state index is 11.7. The minimum absolute atomic E-state index is 0.240. The van der Waals surface area contributed by atoms with E-state index in [9.17, 15) is 4.79 Å². The first-order valence-corrected chi connectivity index (χ1v) is 7.03. The van der Waals surface area contributed by atoms with Gasteiger partial charge in [-0.3, -0.25) is 4.79 Å². The smallest absolute Gasteiger partial charge is 0.132 e. The molecule has 18 heavy (non-hydrogen) atoms. The Morgan fingerprint density at radius 2 is 1.67 bits per heavy atom. The molecule has 0 saturated carbocycles. The van der Waals surface area contributed by atoms with E-state index in [4.69, 9.17) is 0 Å². The Bertz CT molecular complexity index is 353. The van der Waals surface area contributed by atoms with Gasteiger partial charge in [0, 0.05) is 5.92 Å². The van der Waals surface area contributed by atoms with Crippen molar-refractivity contribution >= 4 is 5.78 Å².